The minimum Gasteiger partial charge on any atom is -0.384 e. The first-order valence-electron chi connectivity index (χ1n) is 8.55. The van der Waals surface area contributed by atoms with Crippen molar-refractivity contribution in [2.45, 2.75) is 65.0 Å². The lowest BCUT2D eigenvalue weighted by Gasteiger charge is -2.50. The minimum absolute atomic E-state index is 0.433. The van der Waals surface area contributed by atoms with Gasteiger partial charge < -0.3 is 10.1 Å². The van der Waals surface area contributed by atoms with Crippen LogP contribution in [0.5, 0.6) is 0 Å². The maximum Gasteiger partial charge on any atom is 0.0491 e. The molecule has 1 aliphatic heterocycles. The Morgan fingerprint density at radius 2 is 1.90 bits per heavy atom. The summed E-state index contributed by atoms with van der Waals surface area (Å²) in [5.74, 6) is 0.783. The summed E-state index contributed by atoms with van der Waals surface area (Å²) < 4.78 is 5.32. The number of rotatable bonds is 5. The van der Waals surface area contributed by atoms with Gasteiger partial charge in [-0.05, 0) is 56.7 Å². The van der Waals surface area contributed by atoms with Crippen molar-refractivity contribution in [2.24, 2.45) is 11.3 Å². The Kier molecular flexibility index (Phi) is 5.88. The number of nitrogens with zero attached hydrogens (tertiary/aromatic N) is 1. The van der Waals surface area contributed by atoms with Gasteiger partial charge in [0.05, 0.1) is 0 Å². The molecule has 2 unspecified atom stereocenters. The maximum absolute atomic E-state index is 5.32. The van der Waals surface area contributed by atoms with E-state index in [1.165, 1.54) is 45.2 Å². The van der Waals surface area contributed by atoms with Crippen LogP contribution < -0.4 is 5.32 Å². The molecule has 0 amide bonds. The highest BCUT2D eigenvalue weighted by molar-refractivity contribution is 4.98. The molecule has 0 spiro atoms. The number of hydrogen-bond donors (Lipinski definition) is 1. The number of likely N-dealkylation sites (tertiary alicyclic amines) is 1. The Hall–Kier alpha value is -0.120. The van der Waals surface area contributed by atoms with E-state index < -0.39 is 0 Å². The molecule has 0 aromatic heterocycles. The van der Waals surface area contributed by atoms with E-state index in [0.29, 0.717) is 11.5 Å². The first-order valence-corrected chi connectivity index (χ1v) is 8.55. The van der Waals surface area contributed by atoms with E-state index in [4.69, 9.17) is 4.74 Å². The molecule has 2 aliphatic rings. The lowest BCUT2D eigenvalue weighted by Crippen LogP contribution is -2.60. The van der Waals surface area contributed by atoms with Gasteiger partial charge in [-0.15, -0.1) is 0 Å². The molecular weight excluding hydrogens is 248 g/mol. The van der Waals surface area contributed by atoms with Crippen molar-refractivity contribution in [2.75, 3.05) is 33.4 Å². The number of nitrogens with one attached hydrogen (secondary N) is 1. The zero-order chi connectivity index (χ0) is 14.6. The van der Waals surface area contributed by atoms with Crippen LogP contribution in [0.3, 0.4) is 0 Å². The quantitative estimate of drug-likeness (QED) is 0.839. The van der Waals surface area contributed by atoms with Gasteiger partial charge in [-0.1, -0.05) is 27.2 Å². The van der Waals surface area contributed by atoms with E-state index in [1.807, 2.05) is 7.11 Å². The first kappa shape index (κ1) is 16.3. The highest BCUT2D eigenvalue weighted by atomic mass is 16.5. The van der Waals surface area contributed by atoms with Gasteiger partial charge in [0.25, 0.3) is 0 Å². The van der Waals surface area contributed by atoms with Crippen LogP contribution in [0.25, 0.3) is 0 Å². The third kappa shape index (κ3) is 3.75. The zero-order valence-electron chi connectivity index (χ0n) is 14.0. The van der Waals surface area contributed by atoms with Crippen LogP contribution in [0, 0.1) is 11.3 Å². The number of ether oxygens (including phenoxy) is 1. The molecule has 1 N–H and O–H groups in total. The van der Waals surface area contributed by atoms with Gasteiger partial charge in [0, 0.05) is 25.8 Å². The van der Waals surface area contributed by atoms with E-state index in [1.54, 1.807) is 0 Å². The normalized spacial score (nSPS) is 32.4. The molecule has 1 saturated carbocycles. The molecule has 3 heteroatoms. The second-order valence-corrected chi connectivity index (χ2v) is 7.42. The molecule has 3 nitrogen and oxygen atoms in total. The van der Waals surface area contributed by atoms with Gasteiger partial charge in [0.2, 0.25) is 0 Å². The second-order valence-electron chi connectivity index (χ2n) is 7.42. The number of likely N-dealkylation sites (N-methyl/N-ethyl adjacent to an activating group) is 1. The first-order chi connectivity index (χ1) is 9.58. The van der Waals surface area contributed by atoms with Crippen molar-refractivity contribution < 1.29 is 4.74 Å². The lowest BCUT2D eigenvalue weighted by atomic mass is 9.70. The Balaban J connectivity index is 1.96. The lowest BCUT2D eigenvalue weighted by molar-refractivity contribution is 0.0183. The van der Waals surface area contributed by atoms with Crippen LogP contribution in [0.1, 0.15) is 52.9 Å². The molecule has 0 bridgehead atoms. The molecule has 0 radical (unpaired) electrons. The van der Waals surface area contributed by atoms with Crippen molar-refractivity contribution in [3.05, 3.63) is 0 Å². The van der Waals surface area contributed by atoms with Crippen molar-refractivity contribution >= 4 is 0 Å². The summed E-state index contributed by atoms with van der Waals surface area (Å²) in [5.41, 5.74) is 0.433. The smallest absolute Gasteiger partial charge is 0.0491 e. The third-order valence-corrected chi connectivity index (χ3v) is 5.49. The summed E-state index contributed by atoms with van der Waals surface area (Å²) >= 11 is 0. The monoisotopic (exact) mass is 282 g/mol. The van der Waals surface area contributed by atoms with Gasteiger partial charge in [-0.25, -0.2) is 0 Å². The summed E-state index contributed by atoms with van der Waals surface area (Å²) in [4.78, 5) is 2.76. The average Bonchev–Trinajstić information content (AvgIpc) is 2.42. The van der Waals surface area contributed by atoms with E-state index in [9.17, 15) is 0 Å². The Labute approximate surface area is 125 Å². The van der Waals surface area contributed by atoms with Gasteiger partial charge in [0.1, 0.15) is 0 Å². The molecule has 2 atom stereocenters. The van der Waals surface area contributed by atoms with Crippen LogP contribution in [0.4, 0.5) is 0 Å². The number of piperidine rings is 1. The fourth-order valence-electron chi connectivity index (χ4n) is 4.32. The zero-order valence-corrected chi connectivity index (χ0v) is 14.0. The van der Waals surface area contributed by atoms with Crippen LogP contribution in [0.2, 0.25) is 0 Å². The van der Waals surface area contributed by atoms with E-state index >= 15 is 0 Å². The topological polar surface area (TPSA) is 24.5 Å². The fraction of sp³-hybridized carbons (Fsp3) is 1.00. The van der Waals surface area contributed by atoms with E-state index in [2.05, 4.69) is 31.0 Å². The van der Waals surface area contributed by atoms with Crippen molar-refractivity contribution in [3.63, 3.8) is 0 Å². The molecule has 118 valence electrons. The molecule has 1 heterocycles. The summed E-state index contributed by atoms with van der Waals surface area (Å²) in [6.07, 6.45) is 6.74. The van der Waals surface area contributed by atoms with Crippen LogP contribution in [0.15, 0.2) is 0 Å². The van der Waals surface area contributed by atoms with Crippen molar-refractivity contribution in [1.29, 1.82) is 0 Å². The SMILES string of the molecule is CCNC1C(N2CCC(COC)CC2)CCCC1(C)C. The summed E-state index contributed by atoms with van der Waals surface area (Å²) in [7, 11) is 1.83. The Morgan fingerprint density at radius 3 is 2.50 bits per heavy atom. The second kappa shape index (κ2) is 7.24. The van der Waals surface area contributed by atoms with Crippen molar-refractivity contribution in [3.8, 4) is 0 Å². The summed E-state index contributed by atoms with van der Waals surface area (Å²) in [6.45, 7) is 11.7. The van der Waals surface area contributed by atoms with E-state index in [-0.39, 0.29) is 0 Å². The molecule has 2 fully saturated rings. The van der Waals surface area contributed by atoms with Crippen LogP contribution in [-0.4, -0.2) is 50.3 Å². The maximum atomic E-state index is 5.32. The van der Waals surface area contributed by atoms with E-state index in [0.717, 1.165) is 25.1 Å². The van der Waals surface area contributed by atoms with Gasteiger partial charge in [-0.3, -0.25) is 4.90 Å². The minimum atomic E-state index is 0.433. The highest BCUT2D eigenvalue weighted by Gasteiger charge is 2.41. The largest absolute Gasteiger partial charge is 0.384 e. The van der Waals surface area contributed by atoms with Gasteiger partial charge in [0.15, 0.2) is 0 Å². The predicted molar refractivity (Wildman–Crippen MR) is 85.1 cm³/mol. The summed E-state index contributed by atoms with van der Waals surface area (Å²) in [5, 5.41) is 3.79. The molecule has 20 heavy (non-hydrogen) atoms. The Bertz CT molecular complexity index is 285. The third-order valence-electron chi connectivity index (χ3n) is 5.49. The number of methoxy groups -OCH3 is 1. The fourth-order valence-corrected chi connectivity index (χ4v) is 4.32. The molecule has 1 aliphatic carbocycles. The molecular formula is C17H34N2O. The number of hydrogen-bond acceptors (Lipinski definition) is 3. The van der Waals surface area contributed by atoms with Gasteiger partial charge in [-0.2, -0.15) is 0 Å². The summed E-state index contributed by atoms with van der Waals surface area (Å²) in [6, 6.07) is 1.39. The van der Waals surface area contributed by atoms with Crippen molar-refractivity contribution in [1.82, 2.24) is 10.2 Å². The van der Waals surface area contributed by atoms with Gasteiger partial charge >= 0.3 is 0 Å². The Morgan fingerprint density at radius 1 is 1.20 bits per heavy atom. The molecule has 1 saturated heterocycles. The highest BCUT2D eigenvalue weighted by Crippen LogP contribution is 2.38. The molecule has 0 aromatic rings. The average molecular weight is 282 g/mol. The van der Waals surface area contributed by atoms with Crippen LogP contribution in [-0.2, 0) is 4.74 Å². The predicted octanol–water partition coefficient (Wildman–Crippen LogP) is 2.90. The van der Waals surface area contributed by atoms with Crippen LogP contribution >= 0.6 is 0 Å². The standard InChI is InChI=1S/C17H34N2O/c1-5-18-16-15(7-6-10-17(16,2)3)19-11-8-14(9-12-19)13-20-4/h14-16,18H,5-13H2,1-4H3. The molecule has 2 rings (SSSR count). The molecule has 0 aromatic carbocycles.